The third-order valence-corrected chi connectivity index (χ3v) is 2.77. The van der Waals surface area contributed by atoms with Gasteiger partial charge in [0.15, 0.2) is 0 Å². The monoisotopic (exact) mass is 241 g/mol. The summed E-state index contributed by atoms with van der Waals surface area (Å²) in [6, 6.07) is 13.4. The average Bonchev–Trinajstić information content (AvgIpc) is 2.46. The van der Waals surface area contributed by atoms with E-state index in [9.17, 15) is 4.79 Å². The van der Waals surface area contributed by atoms with Gasteiger partial charge in [0.1, 0.15) is 0 Å². The van der Waals surface area contributed by atoms with E-state index in [1.807, 2.05) is 30.3 Å². The van der Waals surface area contributed by atoms with Gasteiger partial charge in [0, 0.05) is 11.9 Å². The van der Waals surface area contributed by atoms with Crippen molar-refractivity contribution in [2.75, 3.05) is 7.11 Å². The first-order valence-corrected chi connectivity index (χ1v) is 5.87. The molecule has 0 spiro atoms. The van der Waals surface area contributed by atoms with Gasteiger partial charge in [-0.15, -0.1) is 0 Å². The van der Waals surface area contributed by atoms with Gasteiger partial charge in [-0.25, -0.2) is 4.79 Å². The van der Waals surface area contributed by atoms with Crippen molar-refractivity contribution in [2.24, 2.45) is 0 Å². The lowest BCUT2D eigenvalue weighted by Gasteiger charge is -2.03. The summed E-state index contributed by atoms with van der Waals surface area (Å²) in [6.07, 6.45) is 3.62. The van der Waals surface area contributed by atoms with Crippen molar-refractivity contribution in [3.05, 3.63) is 65.5 Å². The van der Waals surface area contributed by atoms with Crippen LogP contribution in [0.25, 0.3) is 0 Å². The van der Waals surface area contributed by atoms with E-state index in [1.165, 1.54) is 12.7 Å². The van der Waals surface area contributed by atoms with Gasteiger partial charge in [-0.05, 0) is 42.7 Å². The van der Waals surface area contributed by atoms with Crippen LogP contribution in [0.2, 0.25) is 0 Å². The highest BCUT2D eigenvalue weighted by Crippen LogP contribution is 2.08. The zero-order chi connectivity index (χ0) is 12.8. The first-order valence-electron chi connectivity index (χ1n) is 5.87. The number of pyridine rings is 1. The number of benzene rings is 1. The molecule has 0 amide bonds. The first-order chi connectivity index (χ1) is 8.79. The molecular formula is C15H15NO2. The number of hydrogen-bond donors (Lipinski definition) is 0. The fraction of sp³-hybridized carbons (Fsp3) is 0.200. The summed E-state index contributed by atoms with van der Waals surface area (Å²) < 4.78 is 4.66. The molecule has 0 radical (unpaired) electrons. The highest BCUT2D eigenvalue weighted by atomic mass is 16.5. The molecule has 0 N–H and O–H groups in total. The van der Waals surface area contributed by atoms with E-state index in [0.717, 1.165) is 18.5 Å². The second kappa shape index (κ2) is 5.96. The van der Waals surface area contributed by atoms with Crippen LogP contribution in [0.1, 0.15) is 21.6 Å². The Morgan fingerprint density at radius 2 is 1.89 bits per heavy atom. The first kappa shape index (κ1) is 12.3. The molecule has 0 fully saturated rings. The van der Waals surface area contributed by atoms with Crippen LogP contribution in [0.3, 0.4) is 0 Å². The Morgan fingerprint density at radius 3 is 2.50 bits per heavy atom. The molecular weight excluding hydrogens is 226 g/mol. The third kappa shape index (κ3) is 3.17. The molecule has 0 aliphatic carbocycles. The number of methoxy groups -OCH3 is 1. The minimum Gasteiger partial charge on any atom is -0.465 e. The maximum absolute atomic E-state index is 11.3. The lowest BCUT2D eigenvalue weighted by Crippen LogP contribution is -2.01. The summed E-state index contributed by atoms with van der Waals surface area (Å²) in [6.45, 7) is 0. The number of rotatable bonds is 4. The van der Waals surface area contributed by atoms with E-state index in [-0.39, 0.29) is 5.97 Å². The molecule has 0 bridgehead atoms. The number of aromatic nitrogens is 1. The molecule has 3 heteroatoms. The number of aryl methyl sites for hydroxylation is 2. The predicted molar refractivity (Wildman–Crippen MR) is 69.4 cm³/mol. The second-order valence-electron chi connectivity index (χ2n) is 4.01. The minimum atomic E-state index is -0.300. The molecule has 1 aromatic carbocycles. The van der Waals surface area contributed by atoms with Gasteiger partial charge in [0.25, 0.3) is 0 Å². The zero-order valence-electron chi connectivity index (χ0n) is 10.3. The fourth-order valence-electron chi connectivity index (χ4n) is 1.74. The molecule has 18 heavy (non-hydrogen) atoms. The van der Waals surface area contributed by atoms with Crippen LogP contribution in [-0.2, 0) is 17.6 Å². The quantitative estimate of drug-likeness (QED) is 0.772. The molecule has 1 heterocycles. The highest BCUT2D eigenvalue weighted by Gasteiger charge is 2.04. The Labute approximate surface area is 106 Å². The Balaban J connectivity index is 1.97. The maximum atomic E-state index is 11.3. The van der Waals surface area contributed by atoms with Gasteiger partial charge in [0.2, 0.25) is 0 Å². The standard InChI is InChI=1S/C15H15NO2/c1-18-15(17)13-8-5-12(6-9-13)7-10-14-4-2-3-11-16-14/h2-6,8-9,11H,7,10H2,1H3. The van der Waals surface area contributed by atoms with Gasteiger partial charge in [0.05, 0.1) is 12.7 Å². The summed E-state index contributed by atoms with van der Waals surface area (Å²) in [5.74, 6) is -0.300. The molecule has 0 atom stereocenters. The molecule has 3 nitrogen and oxygen atoms in total. The largest absolute Gasteiger partial charge is 0.465 e. The molecule has 0 saturated carbocycles. The zero-order valence-corrected chi connectivity index (χ0v) is 10.3. The Hall–Kier alpha value is -2.16. The Kier molecular flexibility index (Phi) is 4.07. The van der Waals surface area contributed by atoms with Crippen LogP contribution >= 0.6 is 0 Å². The van der Waals surface area contributed by atoms with Crippen molar-refractivity contribution < 1.29 is 9.53 Å². The summed E-state index contributed by atoms with van der Waals surface area (Å²) >= 11 is 0. The van der Waals surface area contributed by atoms with E-state index < -0.39 is 0 Å². The fourth-order valence-corrected chi connectivity index (χ4v) is 1.74. The lowest BCUT2D eigenvalue weighted by molar-refractivity contribution is 0.0600. The van der Waals surface area contributed by atoms with E-state index in [2.05, 4.69) is 9.72 Å². The molecule has 92 valence electrons. The van der Waals surface area contributed by atoms with Crippen LogP contribution < -0.4 is 0 Å². The van der Waals surface area contributed by atoms with Gasteiger partial charge in [-0.3, -0.25) is 4.98 Å². The van der Waals surface area contributed by atoms with Crippen LogP contribution in [0.15, 0.2) is 48.7 Å². The van der Waals surface area contributed by atoms with Gasteiger partial charge in [-0.1, -0.05) is 18.2 Å². The smallest absolute Gasteiger partial charge is 0.337 e. The summed E-state index contributed by atoms with van der Waals surface area (Å²) in [5.41, 5.74) is 2.85. The molecule has 2 rings (SSSR count). The summed E-state index contributed by atoms with van der Waals surface area (Å²) in [5, 5.41) is 0. The molecule has 0 aliphatic rings. The molecule has 0 aliphatic heterocycles. The van der Waals surface area contributed by atoms with E-state index in [0.29, 0.717) is 5.56 Å². The third-order valence-electron chi connectivity index (χ3n) is 2.77. The van der Waals surface area contributed by atoms with Crippen molar-refractivity contribution in [2.45, 2.75) is 12.8 Å². The normalized spacial score (nSPS) is 10.1. The number of carbonyl (C=O) groups excluding carboxylic acids is 1. The minimum absolute atomic E-state index is 0.300. The van der Waals surface area contributed by atoms with Crippen molar-refractivity contribution in [3.8, 4) is 0 Å². The van der Waals surface area contributed by atoms with Gasteiger partial charge >= 0.3 is 5.97 Å². The Bertz CT molecular complexity index is 506. The van der Waals surface area contributed by atoms with E-state index in [1.54, 1.807) is 18.3 Å². The van der Waals surface area contributed by atoms with Crippen molar-refractivity contribution >= 4 is 5.97 Å². The highest BCUT2D eigenvalue weighted by molar-refractivity contribution is 5.89. The number of ether oxygens (including phenoxy) is 1. The van der Waals surface area contributed by atoms with Gasteiger partial charge in [-0.2, -0.15) is 0 Å². The molecule has 0 saturated heterocycles. The van der Waals surface area contributed by atoms with Crippen molar-refractivity contribution in [1.29, 1.82) is 0 Å². The van der Waals surface area contributed by atoms with E-state index >= 15 is 0 Å². The average molecular weight is 241 g/mol. The number of esters is 1. The summed E-state index contributed by atoms with van der Waals surface area (Å²) in [4.78, 5) is 15.6. The predicted octanol–water partition coefficient (Wildman–Crippen LogP) is 2.65. The SMILES string of the molecule is COC(=O)c1ccc(CCc2ccccn2)cc1. The van der Waals surface area contributed by atoms with Gasteiger partial charge < -0.3 is 4.74 Å². The van der Waals surface area contributed by atoms with Crippen molar-refractivity contribution in [1.82, 2.24) is 4.98 Å². The maximum Gasteiger partial charge on any atom is 0.337 e. The van der Waals surface area contributed by atoms with Crippen LogP contribution in [-0.4, -0.2) is 18.1 Å². The van der Waals surface area contributed by atoms with Crippen LogP contribution in [0.5, 0.6) is 0 Å². The lowest BCUT2D eigenvalue weighted by atomic mass is 10.1. The number of hydrogen-bond acceptors (Lipinski definition) is 3. The van der Waals surface area contributed by atoms with E-state index in [4.69, 9.17) is 0 Å². The second-order valence-corrected chi connectivity index (χ2v) is 4.01. The molecule has 2 aromatic rings. The number of carbonyl (C=O) groups is 1. The Morgan fingerprint density at radius 1 is 1.11 bits per heavy atom. The van der Waals surface area contributed by atoms with Crippen molar-refractivity contribution in [3.63, 3.8) is 0 Å². The molecule has 0 unspecified atom stereocenters. The summed E-state index contributed by atoms with van der Waals surface area (Å²) in [7, 11) is 1.39. The topological polar surface area (TPSA) is 39.2 Å². The van der Waals surface area contributed by atoms with Crippen LogP contribution in [0.4, 0.5) is 0 Å². The molecule has 1 aromatic heterocycles. The van der Waals surface area contributed by atoms with Crippen LogP contribution in [0, 0.1) is 0 Å². The number of nitrogens with zero attached hydrogens (tertiary/aromatic N) is 1.